The van der Waals surface area contributed by atoms with Crippen molar-refractivity contribution in [2.45, 2.75) is 31.3 Å². The Morgan fingerprint density at radius 1 is 1.50 bits per heavy atom. The largest absolute Gasteiger partial charge is 0.344 e. The highest BCUT2D eigenvalue weighted by Crippen LogP contribution is 2.29. The van der Waals surface area contributed by atoms with Crippen molar-refractivity contribution < 1.29 is 4.79 Å². The predicted molar refractivity (Wildman–Crippen MR) is 60.5 cm³/mol. The molecule has 0 bridgehead atoms. The summed E-state index contributed by atoms with van der Waals surface area (Å²) in [6.45, 7) is 0. The first kappa shape index (κ1) is 10.9. The Hall–Kier alpha value is -2.25. The molecule has 2 unspecified atom stereocenters. The molecule has 1 aliphatic rings. The lowest BCUT2D eigenvalue weighted by Gasteiger charge is -2.21. The van der Waals surface area contributed by atoms with Gasteiger partial charge in [0.25, 0.3) is 11.7 Å². The summed E-state index contributed by atoms with van der Waals surface area (Å²) in [5.41, 5.74) is 0. The third-order valence-corrected chi connectivity index (χ3v) is 3.25. The number of nitrogens with one attached hydrogen (secondary N) is 2. The molecule has 1 fully saturated rings. The smallest absolute Gasteiger partial charge is 0.293 e. The lowest BCUT2D eigenvalue weighted by molar-refractivity contribution is 0.0918. The molecule has 18 heavy (non-hydrogen) atoms. The molecular formula is C10H13N7O. The third-order valence-electron chi connectivity index (χ3n) is 3.25. The van der Waals surface area contributed by atoms with E-state index in [9.17, 15) is 4.79 Å². The molecule has 0 aliphatic heterocycles. The fourth-order valence-electron chi connectivity index (χ4n) is 2.42. The highest BCUT2D eigenvalue weighted by molar-refractivity contribution is 5.90. The number of aromatic nitrogens is 6. The Labute approximate surface area is 103 Å². The number of imidazole rings is 1. The first-order chi connectivity index (χ1) is 8.84. The van der Waals surface area contributed by atoms with Crippen molar-refractivity contribution >= 4 is 5.91 Å². The molecule has 0 radical (unpaired) electrons. The molecule has 1 amide bonds. The Balaban J connectivity index is 1.70. The standard InChI is InChI=1S/C10H13N7O/c18-10(9-13-15-16-14-9)12-7-2-1-3-8(7)17-5-4-11-6-17/h4-8H,1-3H2,(H,12,18)(H,13,14,15,16). The highest BCUT2D eigenvalue weighted by atomic mass is 16.2. The second-order valence-electron chi connectivity index (χ2n) is 4.32. The van der Waals surface area contributed by atoms with Gasteiger partial charge in [0.1, 0.15) is 0 Å². The van der Waals surface area contributed by atoms with Crippen molar-refractivity contribution in [3.05, 3.63) is 24.5 Å². The van der Waals surface area contributed by atoms with Crippen LogP contribution in [-0.2, 0) is 0 Å². The predicted octanol–water partition coefficient (Wildman–Crippen LogP) is -0.0802. The van der Waals surface area contributed by atoms with Crippen molar-refractivity contribution in [3.8, 4) is 0 Å². The van der Waals surface area contributed by atoms with Crippen LogP contribution in [0.15, 0.2) is 18.7 Å². The van der Waals surface area contributed by atoms with E-state index in [0.717, 1.165) is 19.3 Å². The van der Waals surface area contributed by atoms with Crippen LogP contribution in [-0.4, -0.2) is 42.1 Å². The topological polar surface area (TPSA) is 101 Å². The fourth-order valence-corrected chi connectivity index (χ4v) is 2.42. The number of rotatable bonds is 3. The van der Waals surface area contributed by atoms with Crippen LogP contribution >= 0.6 is 0 Å². The molecular weight excluding hydrogens is 234 g/mol. The summed E-state index contributed by atoms with van der Waals surface area (Å²) >= 11 is 0. The van der Waals surface area contributed by atoms with E-state index >= 15 is 0 Å². The first-order valence-electron chi connectivity index (χ1n) is 5.86. The number of amides is 1. The van der Waals surface area contributed by atoms with Crippen molar-refractivity contribution in [2.24, 2.45) is 0 Å². The summed E-state index contributed by atoms with van der Waals surface area (Å²) in [6.07, 6.45) is 8.52. The van der Waals surface area contributed by atoms with Gasteiger partial charge in [0.15, 0.2) is 0 Å². The van der Waals surface area contributed by atoms with E-state index in [1.54, 1.807) is 12.5 Å². The van der Waals surface area contributed by atoms with Gasteiger partial charge in [-0.2, -0.15) is 5.21 Å². The van der Waals surface area contributed by atoms with Crippen LogP contribution in [0.5, 0.6) is 0 Å². The Morgan fingerprint density at radius 3 is 3.17 bits per heavy atom. The zero-order valence-corrected chi connectivity index (χ0v) is 9.65. The average molecular weight is 247 g/mol. The minimum Gasteiger partial charge on any atom is -0.344 e. The van der Waals surface area contributed by atoms with Crippen molar-refractivity contribution in [1.29, 1.82) is 0 Å². The van der Waals surface area contributed by atoms with E-state index in [1.165, 1.54) is 0 Å². The Bertz CT molecular complexity index is 506. The van der Waals surface area contributed by atoms with Crippen LogP contribution in [0.3, 0.4) is 0 Å². The van der Waals surface area contributed by atoms with Gasteiger partial charge in [-0.25, -0.2) is 4.98 Å². The molecule has 8 nitrogen and oxygen atoms in total. The quantitative estimate of drug-likeness (QED) is 0.790. The minimum atomic E-state index is -0.291. The van der Waals surface area contributed by atoms with Crippen LogP contribution in [0, 0.1) is 0 Å². The van der Waals surface area contributed by atoms with Crippen molar-refractivity contribution in [1.82, 2.24) is 35.5 Å². The van der Waals surface area contributed by atoms with Crippen LogP contribution in [0.4, 0.5) is 0 Å². The summed E-state index contributed by atoms with van der Waals surface area (Å²) in [7, 11) is 0. The number of tetrazole rings is 1. The number of hydrogen-bond acceptors (Lipinski definition) is 5. The average Bonchev–Trinajstić information content (AvgIpc) is 3.11. The second kappa shape index (κ2) is 4.55. The molecule has 1 aliphatic carbocycles. The summed E-state index contributed by atoms with van der Waals surface area (Å²) in [6, 6.07) is 0.341. The van der Waals surface area contributed by atoms with Gasteiger partial charge in [-0.1, -0.05) is 0 Å². The van der Waals surface area contributed by atoms with Crippen LogP contribution in [0.25, 0.3) is 0 Å². The van der Waals surface area contributed by atoms with E-state index in [-0.39, 0.29) is 23.8 Å². The zero-order valence-electron chi connectivity index (χ0n) is 9.65. The van der Waals surface area contributed by atoms with Gasteiger partial charge in [-0.05, 0) is 24.5 Å². The number of carbonyl (C=O) groups is 1. The van der Waals surface area contributed by atoms with Crippen molar-refractivity contribution in [3.63, 3.8) is 0 Å². The summed E-state index contributed by atoms with van der Waals surface area (Å²) in [5, 5.41) is 15.9. The monoisotopic (exact) mass is 247 g/mol. The van der Waals surface area contributed by atoms with Gasteiger partial charge in [0.2, 0.25) is 0 Å². The van der Waals surface area contributed by atoms with Crippen LogP contribution in [0.2, 0.25) is 0 Å². The maximum Gasteiger partial charge on any atom is 0.293 e. The van der Waals surface area contributed by atoms with Gasteiger partial charge < -0.3 is 9.88 Å². The number of carbonyl (C=O) groups excluding carboxylic acids is 1. The maximum absolute atomic E-state index is 11.9. The Kier molecular flexibility index (Phi) is 2.75. The lowest BCUT2D eigenvalue weighted by atomic mass is 10.1. The molecule has 94 valence electrons. The summed E-state index contributed by atoms with van der Waals surface area (Å²) in [4.78, 5) is 15.9. The Morgan fingerprint density at radius 2 is 2.44 bits per heavy atom. The number of aromatic amines is 1. The zero-order chi connectivity index (χ0) is 12.4. The molecule has 0 saturated heterocycles. The number of hydrogen-bond donors (Lipinski definition) is 2. The normalized spacial score (nSPS) is 23.1. The van der Waals surface area contributed by atoms with Gasteiger partial charge in [-0.15, -0.1) is 10.2 Å². The van der Waals surface area contributed by atoms with Crippen LogP contribution < -0.4 is 5.32 Å². The first-order valence-corrected chi connectivity index (χ1v) is 5.86. The third kappa shape index (κ3) is 1.96. The summed E-state index contributed by atoms with van der Waals surface area (Å²) in [5.74, 6) is -0.216. The highest BCUT2D eigenvalue weighted by Gasteiger charge is 2.30. The van der Waals surface area contributed by atoms with Crippen molar-refractivity contribution in [2.75, 3.05) is 0 Å². The molecule has 2 atom stereocenters. The van der Waals surface area contributed by atoms with Gasteiger partial charge in [0.05, 0.1) is 18.4 Å². The van der Waals surface area contributed by atoms with Crippen LogP contribution in [0.1, 0.15) is 35.9 Å². The SMILES string of the molecule is O=C(NC1CCCC1n1ccnc1)c1nn[nH]n1. The second-order valence-corrected chi connectivity index (χ2v) is 4.32. The molecule has 1 saturated carbocycles. The van der Waals surface area contributed by atoms with E-state index in [1.807, 2.05) is 10.8 Å². The molecule has 2 N–H and O–H groups in total. The molecule has 2 aromatic rings. The molecule has 3 rings (SSSR count). The molecule has 2 aromatic heterocycles. The fraction of sp³-hybridized carbons (Fsp3) is 0.500. The number of H-pyrrole nitrogens is 1. The van der Waals surface area contributed by atoms with E-state index in [0.29, 0.717) is 0 Å². The minimum absolute atomic E-state index is 0.0753. The van der Waals surface area contributed by atoms with Gasteiger partial charge in [-0.3, -0.25) is 4.79 Å². The van der Waals surface area contributed by atoms with Gasteiger partial charge in [0, 0.05) is 12.4 Å². The maximum atomic E-state index is 11.9. The van der Waals surface area contributed by atoms with E-state index in [4.69, 9.17) is 0 Å². The van der Waals surface area contributed by atoms with E-state index in [2.05, 4.69) is 30.9 Å². The van der Waals surface area contributed by atoms with E-state index < -0.39 is 0 Å². The lowest BCUT2D eigenvalue weighted by Crippen LogP contribution is -2.38. The molecule has 0 aromatic carbocycles. The molecule has 0 spiro atoms. The molecule has 2 heterocycles. The summed E-state index contributed by atoms with van der Waals surface area (Å²) < 4.78 is 2.04. The molecule has 8 heteroatoms. The van der Waals surface area contributed by atoms with Gasteiger partial charge >= 0.3 is 0 Å². The number of nitrogens with zero attached hydrogens (tertiary/aromatic N) is 5.